The van der Waals surface area contributed by atoms with Gasteiger partial charge in [0.1, 0.15) is 6.61 Å². The third-order valence-electron chi connectivity index (χ3n) is 3.45. The predicted molar refractivity (Wildman–Crippen MR) is 89.4 cm³/mol. The van der Waals surface area contributed by atoms with Gasteiger partial charge in [0.05, 0.1) is 6.21 Å². The van der Waals surface area contributed by atoms with Crippen molar-refractivity contribution in [2.75, 3.05) is 32.1 Å². The summed E-state index contributed by atoms with van der Waals surface area (Å²) < 4.78 is 0. The number of nitrogens with zero attached hydrogens (tertiary/aromatic N) is 3. The van der Waals surface area contributed by atoms with Crippen molar-refractivity contribution in [1.82, 2.24) is 4.90 Å². The van der Waals surface area contributed by atoms with Crippen molar-refractivity contribution < 1.29 is 14.4 Å². The zero-order chi connectivity index (χ0) is 16.7. The van der Waals surface area contributed by atoms with Crippen LogP contribution in [0.1, 0.15) is 18.4 Å². The number of carbonyl (C=O) groups is 2. The van der Waals surface area contributed by atoms with Gasteiger partial charge in [-0.05, 0) is 30.5 Å². The van der Waals surface area contributed by atoms with Gasteiger partial charge in [0.2, 0.25) is 0 Å². The number of amides is 2. The van der Waals surface area contributed by atoms with Crippen molar-refractivity contribution in [3.05, 3.63) is 42.0 Å². The summed E-state index contributed by atoms with van der Waals surface area (Å²) in [6.07, 6.45) is 5.69. The van der Waals surface area contributed by atoms with Crippen molar-refractivity contribution in [2.45, 2.75) is 12.8 Å². The molecule has 0 unspecified atom stereocenters. The molecule has 2 amide bonds. The summed E-state index contributed by atoms with van der Waals surface area (Å²) in [7, 11) is 3.98. The van der Waals surface area contributed by atoms with Crippen LogP contribution in [0.25, 0.3) is 0 Å². The lowest BCUT2D eigenvalue weighted by atomic mass is 10.2. The predicted octanol–water partition coefficient (Wildman–Crippen LogP) is 1.81. The molecule has 6 nitrogen and oxygen atoms in total. The molecule has 0 saturated heterocycles. The highest BCUT2D eigenvalue weighted by Crippen LogP contribution is 2.11. The van der Waals surface area contributed by atoms with Crippen molar-refractivity contribution in [3.63, 3.8) is 0 Å². The van der Waals surface area contributed by atoms with E-state index in [0.717, 1.165) is 17.7 Å². The van der Waals surface area contributed by atoms with Gasteiger partial charge in [-0.25, -0.2) is 0 Å². The van der Waals surface area contributed by atoms with Gasteiger partial charge in [-0.2, -0.15) is 0 Å². The number of rotatable bonds is 8. The maximum Gasteiger partial charge on any atom is 0.253 e. The molecule has 6 heteroatoms. The third kappa shape index (κ3) is 4.95. The van der Waals surface area contributed by atoms with Crippen LogP contribution >= 0.6 is 0 Å². The highest BCUT2D eigenvalue weighted by atomic mass is 16.6. The molecule has 1 aliphatic heterocycles. The van der Waals surface area contributed by atoms with Crippen LogP contribution in [-0.2, 0) is 14.4 Å². The second-order valence-corrected chi connectivity index (χ2v) is 5.42. The fraction of sp³-hybridized carbons (Fsp3) is 0.353. The Balaban J connectivity index is 1.61. The van der Waals surface area contributed by atoms with Crippen molar-refractivity contribution in [3.8, 4) is 0 Å². The first-order valence-electron chi connectivity index (χ1n) is 7.54. The quantitative estimate of drug-likeness (QED) is 0.318. The summed E-state index contributed by atoms with van der Waals surface area (Å²) in [5.74, 6) is -0.481. The van der Waals surface area contributed by atoms with Gasteiger partial charge in [-0.3, -0.25) is 14.5 Å². The Morgan fingerprint density at radius 1 is 1.09 bits per heavy atom. The fourth-order valence-corrected chi connectivity index (χ4v) is 2.10. The number of unbranched alkanes of at least 4 members (excludes halogenated alkanes) is 1. The molecular formula is C17H21N3O3. The van der Waals surface area contributed by atoms with E-state index in [1.807, 2.05) is 43.3 Å². The zero-order valence-corrected chi connectivity index (χ0v) is 13.4. The SMILES string of the molecule is CN(C)c1ccc(C=NOCCCCN2C(=O)C=CC2=O)cc1. The van der Waals surface area contributed by atoms with Gasteiger partial charge in [0.25, 0.3) is 11.8 Å². The van der Waals surface area contributed by atoms with E-state index in [9.17, 15) is 9.59 Å². The maximum atomic E-state index is 11.3. The normalized spacial score (nSPS) is 14.1. The van der Waals surface area contributed by atoms with Crippen LogP contribution in [0.3, 0.4) is 0 Å². The van der Waals surface area contributed by atoms with Gasteiger partial charge >= 0.3 is 0 Å². The number of imide groups is 1. The van der Waals surface area contributed by atoms with Crippen molar-refractivity contribution in [1.29, 1.82) is 0 Å². The Labute approximate surface area is 136 Å². The molecule has 1 heterocycles. The van der Waals surface area contributed by atoms with Gasteiger partial charge in [-0.1, -0.05) is 17.3 Å². The number of benzene rings is 1. The number of hydrogen-bond donors (Lipinski definition) is 0. The highest BCUT2D eigenvalue weighted by molar-refractivity contribution is 6.12. The number of anilines is 1. The average Bonchev–Trinajstić information content (AvgIpc) is 2.86. The largest absolute Gasteiger partial charge is 0.396 e. The number of hydrogen-bond acceptors (Lipinski definition) is 5. The van der Waals surface area contributed by atoms with Crippen LogP contribution in [0.2, 0.25) is 0 Å². The van der Waals surface area contributed by atoms with E-state index in [0.29, 0.717) is 19.6 Å². The van der Waals surface area contributed by atoms with E-state index < -0.39 is 0 Å². The van der Waals surface area contributed by atoms with Crippen molar-refractivity contribution >= 4 is 23.7 Å². The number of oxime groups is 1. The van der Waals surface area contributed by atoms with Crippen LogP contribution in [0.15, 0.2) is 41.6 Å². The molecule has 0 spiro atoms. The molecule has 0 aliphatic carbocycles. The van der Waals surface area contributed by atoms with E-state index in [1.54, 1.807) is 6.21 Å². The van der Waals surface area contributed by atoms with Crippen LogP contribution in [-0.4, -0.2) is 50.2 Å². The van der Waals surface area contributed by atoms with E-state index in [-0.39, 0.29) is 11.8 Å². The smallest absolute Gasteiger partial charge is 0.253 e. The lowest BCUT2D eigenvalue weighted by Crippen LogP contribution is -2.30. The summed E-state index contributed by atoms with van der Waals surface area (Å²) in [6, 6.07) is 7.97. The fourth-order valence-electron chi connectivity index (χ4n) is 2.10. The topological polar surface area (TPSA) is 62.2 Å². The minimum absolute atomic E-state index is 0.241. The van der Waals surface area contributed by atoms with Crippen LogP contribution < -0.4 is 4.90 Å². The third-order valence-corrected chi connectivity index (χ3v) is 3.45. The lowest BCUT2D eigenvalue weighted by Gasteiger charge is -2.12. The first kappa shape index (κ1) is 16.7. The summed E-state index contributed by atoms with van der Waals surface area (Å²) in [6.45, 7) is 0.875. The Hall–Kier alpha value is -2.63. The van der Waals surface area contributed by atoms with E-state index in [1.165, 1.54) is 17.1 Å². The second-order valence-electron chi connectivity index (χ2n) is 5.42. The molecule has 1 aliphatic rings. The molecule has 0 fully saturated rings. The molecule has 122 valence electrons. The van der Waals surface area contributed by atoms with Gasteiger partial charge in [0.15, 0.2) is 0 Å². The molecule has 0 aromatic heterocycles. The maximum absolute atomic E-state index is 11.3. The molecule has 0 saturated carbocycles. The molecule has 1 aromatic carbocycles. The summed E-state index contributed by atoms with van der Waals surface area (Å²) in [4.78, 5) is 31.1. The monoisotopic (exact) mass is 315 g/mol. The Morgan fingerprint density at radius 3 is 2.35 bits per heavy atom. The molecule has 0 N–H and O–H groups in total. The molecule has 0 bridgehead atoms. The summed E-state index contributed by atoms with van der Waals surface area (Å²) in [5.41, 5.74) is 2.10. The van der Waals surface area contributed by atoms with Crippen LogP contribution in [0.5, 0.6) is 0 Å². The van der Waals surface area contributed by atoms with Crippen molar-refractivity contribution in [2.24, 2.45) is 5.16 Å². The lowest BCUT2D eigenvalue weighted by molar-refractivity contribution is -0.136. The first-order valence-corrected chi connectivity index (χ1v) is 7.54. The Morgan fingerprint density at radius 2 is 1.74 bits per heavy atom. The minimum atomic E-state index is -0.241. The van der Waals surface area contributed by atoms with E-state index in [2.05, 4.69) is 5.16 Å². The Bertz CT molecular complexity index is 588. The van der Waals surface area contributed by atoms with Gasteiger partial charge in [-0.15, -0.1) is 0 Å². The van der Waals surface area contributed by atoms with E-state index >= 15 is 0 Å². The summed E-state index contributed by atoms with van der Waals surface area (Å²) >= 11 is 0. The zero-order valence-electron chi connectivity index (χ0n) is 13.4. The standard InChI is InChI=1S/C17H21N3O3/c1-19(2)15-7-5-14(6-8-15)13-18-23-12-4-3-11-20-16(21)9-10-17(20)22/h5-10,13H,3-4,11-12H2,1-2H3. The Kier molecular flexibility index (Phi) is 5.91. The van der Waals surface area contributed by atoms with Gasteiger partial charge in [0, 0.05) is 38.5 Å². The molecular weight excluding hydrogens is 294 g/mol. The molecule has 23 heavy (non-hydrogen) atoms. The average molecular weight is 315 g/mol. The molecule has 0 atom stereocenters. The summed E-state index contributed by atoms with van der Waals surface area (Å²) in [5, 5.41) is 3.92. The molecule has 1 aromatic rings. The minimum Gasteiger partial charge on any atom is -0.396 e. The highest BCUT2D eigenvalue weighted by Gasteiger charge is 2.22. The molecule has 0 radical (unpaired) electrons. The second kappa shape index (κ2) is 8.12. The van der Waals surface area contributed by atoms with Crippen LogP contribution in [0.4, 0.5) is 5.69 Å². The van der Waals surface area contributed by atoms with Crippen LogP contribution in [0, 0.1) is 0 Å². The first-order chi connectivity index (χ1) is 11.1. The van der Waals surface area contributed by atoms with E-state index in [4.69, 9.17) is 4.84 Å². The van der Waals surface area contributed by atoms with Gasteiger partial charge < -0.3 is 9.74 Å². The molecule has 2 rings (SSSR count). The number of carbonyl (C=O) groups excluding carboxylic acids is 2.